The van der Waals surface area contributed by atoms with Crippen molar-refractivity contribution in [3.8, 4) is 11.1 Å². The zero-order chi connectivity index (χ0) is 23.4. The van der Waals surface area contributed by atoms with Crippen molar-refractivity contribution in [3.63, 3.8) is 0 Å². The van der Waals surface area contributed by atoms with Gasteiger partial charge in [-0.3, -0.25) is 4.79 Å². The normalized spacial score (nSPS) is 21.8. The van der Waals surface area contributed by atoms with Gasteiger partial charge in [0.05, 0.1) is 0 Å². The Hall–Kier alpha value is -3.35. The third kappa shape index (κ3) is 3.56. The number of hydrogen-bond donors (Lipinski definition) is 2. The highest BCUT2D eigenvalue weighted by molar-refractivity contribution is 5.95. The fourth-order valence-electron chi connectivity index (χ4n) is 5.40. The van der Waals surface area contributed by atoms with Crippen molar-refractivity contribution in [1.82, 2.24) is 10.2 Å². The lowest BCUT2D eigenvalue weighted by molar-refractivity contribution is -0.152. The summed E-state index contributed by atoms with van der Waals surface area (Å²) in [6.45, 7) is 4.25. The molecule has 1 aliphatic heterocycles. The van der Waals surface area contributed by atoms with Crippen molar-refractivity contribution in [2.24, 2.45) is 5.41 Å². The van der Waals surface area contributed by atoms with Gasteiger partial charge in [0.2, 0.25) is 5.91 Å². The molecule has 1 atom stereocenters. The number of likely N-dealkylation sites (tertiary alicyclic amines) is 1. The van der Waals surface area contributed by atoms with Gasteiger partial charge >= 0.3 is 12.1 Å². The Kier molecular flexibility index (Phi) is 4.96. The Balaban J connectivity index is 1.27. The predicted molar refractivity (Wildman–Crippen MR) is 122 cm³/mol. The van der Waals surface area contributed by atoms with Gasteiger partial charge in [-0.1, -0.05) is 62.4 Å². The van der Waals surface area contributed by atoms with Gasteiger partial charge in [-0.05, 0) is 46.9 Å². The Labute approximate surface area is 192 Å². The number of nitrogens with one attached hydrogen (secondary N) is 1. The second kappa shape index (κ2) is 7.61. The number of aliphatic carboxylic acids is 1. The van der Waals surface area contributed by atoms with Crippen LogP contribution in [0.4, 0.5) is 4.79 Å². The third-order valence-electron chi connectivity index (χ3n) is 7.39. The van der Waals surface area contributed by atoms with E-state index in [1.165, 1.54) is 4.90 Å². The topological polar surface area (TPSA) is 95.9 Å². The van der Waals surface area contributed by atoms with Crippen LogP contribution in [0.3, 0.4) is 0 Å². The zero-order valence-electron chi connectivity index (χ0n) is 18.8. The first-order chi connectivity index (χ1) is 15.7. The van der Waals surface area contributed by atoms with Crippen LogP contribution in [0.5, 0.6) is 0 Å². The van der Waals surface area contributed by atoms with Gasteiger partial charge in [0.15, 0.2) is 0 Å². The van der Waals surface area contributed by atoms with Crippen molar-refractivity contribution < 1.29 is 24.2 Å². The molecule has 172 valence electrons. The minimum atomic E-state index is -1.06. The highest BCUT2D eigenvalue weighted by atomic mass is 16.5. The highest BCUT2D eigenvalue weighted by Gasteiger charge is 2.58. The van der Waals surface area contributed by atoms with E-state index in [4.69, 9.17) is 4.74 Å². The average Bonchev–Trinajstić information content (AvgIpc) is 3.39. The largest absolute Gasteiger partial charge is 0.480 e. The quantitative estimate of drug-likeness (QED) is 0.726. The first-order valence-corrected chi connectivity index (χ1v) is 11.4. The molecule has 0 bridgehead atoms. The Morgan fingerprint density at radius 1 is 1.00 bits per heavy atom. The van der Waals surface area contributed by atoms with Gasteiger partial charge in [-0.15, -0.1) is 0 Å². The maximum atomic E-state index is 13.2. The van der Waals surface area contributed by atoms with Gasteiger partial charge in [0, 0.05) is 12.5 Å². The zero-order valence-corrected chi connectivity index (χ0v) is 18.8. The number of carboxylic acids is 1. The molecule has 0 radical (unpaired) electrons. The van der Waals surface area contributed by atoms with Crippen LogP contribution in [0.2, 0.25) is 0 Å². The summed E-state index contributed by atoms with van der Waals surface area (Å²) in [7, 11) is 0. The fraction of sp³-hybridized carbons (Fsp3) is 0.423. The van der Waals surface area contributed by atoms with E-state index in [2.05, 4.69) is 17.4 Å². The number of benzene rings is 2. The fourth-order valence-corrected chi connectivity index (χ4v) is 5.40. The molecular formula is C26H28N2O5. The SMILES string of the molecule is CC1(C)CCN(C(=O)C2(NC(=O)OCC3c4ccccc4-c4ccccc43)CC2)C1C(=O)O. The Morgan fingerprint density at radius 3 is 2.12 bits per heavy atom. The van der Waals surface area contributed by atoms with Crippen LogP contribution >= 0.6 is 0 Å². The second-order valence-electron chi connectivity index (χ2n) is 10.0. The number of carbonyl (C=O) groups is 3. The van der Waals surface area contributed by atoms with Crippen molar-refractivity contribution in [1.29, 1.82) is 0 Å². The van der Waals surface area contributed by atoms with Crippen molar-refractivity contribution in [2.75, 3.05) is 13.2 Å². The number of hydrogen-bond acceptors (Lipinski definition) is 4. The van der Waals surface area contributed by atoms with E-state index < -0.39 is 29.1 Å². The standard InChI is InChI=1S/C26H28N2O5/c1-25(2)13-14-28(21(25)22(29)30)23(31)26(11-12-26)27-24(32)33-15-20-18-9-5-3-7-16(18)17-8-4-6-10-19(17)20/h3-10,20-21H,11-15H2,1-2H3,(H,27,32)(H,29,30). The number of nitrogens with zero attached hydrogens (tertiary/aromatic N) is 1. The van der Waals surface area contributed by atoms with Gasteiger partial charge in [0.1, 0.15) is 18.2 Å². The van der Waals surface area contributed by atoms with E-state index >= 15 is 0 Å². The van der Waals surface area contributed by atoms with Gasteiger partial charge < -0.3 is 20.1 Å². The molecular weight excluding hydrogens is 420 g/mol. The number of rotatable bonds is 5. The highest BCUT2D eigenvalue weighted by Crippen LogP contribution is 2.45. The van der Waals surface area contributed by atoms with Crippen LogP contribution in [0.25, 0.3) is 11.1 Å². The van der Waals surface area contributed by atoms with Crippen molar-refractivity contribution in [2.45, 2.75) is 50.6 Å². The first-order valence-electron chi connectivity index (χ1n) is 11.4. The van der Waals surface area contributed by atoms with E-state index in [0.29, 0.717) is 25.8 Å². The molecule has 5 rings (SSSR count). The number of amides is 2. The molecule has 2 fully saturated rings. The third-order valence-corrected chi connectivity index (χ3v) is 7.39. The lowest BCUT2D eigenvalue weighted by Gasteiger charge is -2.31. The van der Waals surface area contributed by atoms with Crippen LogP contribution in [-0.2, 0) is 14.3 Å². The molecule has 2 aliphatic carbocycles. The van der Waals surface area contributed by atoms with Crippen LogP contribution < -0.4 is 5.32 Å². The van der Waals surface area contributed by atoms with Crippen LogP contribution in [0.1, 0.15) is 50.2 Å². The minimum absolute atomic E-state index is 0.0650. The summed E-state index contributed by atoms with van der Waals surface area (Å²) < 4.78 is 5.61. The molecule has 1 saturated carbocycles. The monoisotopic (exact) mass is 448 g/mol. The number of carbonyl (C=O) groups excluding carboxylic acids is 2. The van der Waals surface area contributed by atoms with Gasteiger partial charge in [-0.25, -0.2) is 9.59 Å². The molecule has 1 heterocycles. The number of fused-ring (bicyclic) bond motifs is 3. The smallest absolute Gasteiger partial charge is 0.408 e. The van der Waals surface area contributed by atoms with E-state index in [0.717, 1.165) is 22.3 Å². The molecule has 7 nitrogen and oxygen atoms in total. The molecule has 2 aromatic rings. The molecule has 2 amide bonds. The molecule has 1 saturated heterocycles. The second-order valence-corrected chi connectivity index (χ2v) is 10.0. The molecule has 7 heteroatoms. The van der Waals surface area contributed by atoms with Gasteiger partial charge in [-0.2, -0.15) is 0 Å². The summed E-state index contributed by atoms with van der Waals surface area (Å²) in [6.07, 6.45) is 0.933. The summed E-state index contributed by atoms with van der Waals surface area (Å²) >= 11 is 0. The predicted octanol–water partition coefficient (Wildman–Crippen LogP) is 3.77. The van der Waals surface area contributed by atoms with Crippen LogP contribution in [0.15, 0.2) is 48.5 Å². The van der Waals surface area contributed by atoms with Crippen molar-refractivity contribution >= 4 is 18.0 Å². The maximum Gasteiger partial charge on any atom is 0.408 e. The minimum Gasteiger partial charge on any atom is -0.480 e. The average molecular weight is 449 g/mol. The first kappa shape index (κ1) is 21.5. The number of alkyl carbamates (subject to hydrolysis) is 1. The molecule has 2 aromatic carbocycles. The molecule has 0 spiro atoms. The summed E-state index contributed by atoms with van der Waals surface area (Å²) in [5, 5.41) is 12.5. The molecule has 2 N–H and O–H groups in total. The number of carboxylic acid groups (broad SMARTS) is 1. The van der Waals surface area contributed by atoms with Crippen LogP contribution in [-0.4, -0.2) is 52.7 Å². The van der Waals surface area contributed by atoms with E-state index in [9.17, 15) is 19.5 Å². The molecule has 33 heavy (non-hydrogen) atoms. The summed E-state index contributed by atoms with van der Waals surface area (Å²) in [4.78, 5) is 39.2. The Morgan fingerprint density at radius 2 is 1.58 bits per heavy atom. The van der Waals surface area contributed by atoms with Gasteiger partial charge in [0.25, 0.3) is 0 Å². The van der Waals surface area contributed by atoms with E-state index in [-0.39, 0.29) is 18.4 Å². The lowest BCUT2D eigenvalue weighted by Crippen LogP contribution is -2.55. The van der Waals surface area contributed by atoms with Crippen molar-refractivity contribution in [3.05, 3.63) is 59.7 Å². The number of ether oxygens (including phenoxy) is 1. The lowest BCUT2D eigenvalue weighted by atomic mass is 9.84. The summed E-state index contributed by atoms with van der Waals surface area (Å²) in [6, 6.07) is 15.3. The van der Waals surface area contributed by atoms with E-state index in [1.54, 1.807) is 0 Å². The summed E-state index contributed by atoms with van der Waals surface area (Å²) in [5.74, 6) is -1.40. The van der Waals surface area contributed by atoms with Crippen LogP contribution in [0, 0.1) is 5.41 Å². The van der Waals surface area contributed by atoms with E-state index in [1.807, 2.05) is 50.2 Å². The molecule has 3 aliphatic rings. The molecule has 0 aromatic heterocycles. The summed E-state index contributed by atoms with van der Waals surface area (Å²) in [5.41, 5.74) is 2.96. The molecule has 1 unspecified atom stereocenters. The Bertz CT molecular complexity index is 1090. The maximum absolute atomic E-state index is 13.2.